The van der Waals surface area contributed by atoms with Crippen LogP contribution in [0, 0.1) is 17.2 Å². The molecule has 0 bridgehead atoms. The molecule has 5 nitrogen and oxygen atoms in total. The zero-order valence-corrected chi connectivity index (χ0v) is 11.1. The van der Waals surface area contributed by atoms with Crippen molar-refractivity contribution in [2.75, 3.05) is 5.32 Å². The molecule has 0 radical (unpaired) electrons. The predicted molar refractivity (Wildman–Crippen MR) is 66.1 cm³/mol. The van der Waals surface area contributed by atoms with Gasteiger partial charge in [-0.05, 0) is 25.4 Å². The first-order chi connectivity index (χ1) is 7.95. The van der Waals surface area contributed by atoms with Crippen molar-refractivity contribution in [3.8, 4) is 11.9 Å². The highest BCUT2D eigenvalue weighted by Gasteiger charge is 2.18. The average molecular weight is 253 g/mol. The Morgan fingerprint density at radius 2 is 2.12 bits per heavy atom. The number of nitriles is 1. The lowest BCUT2D eigenvalue weighted by Crippen LogP contribution is -2.17. The quantitative estimate of drug-likeness (QED) is 0.894. The van der Waals surface area contributed by atoms with E-state index in [2.05, 4.69) is 9.69 Å². The monoisotopic (exact) mass is 253 g/mol. The normalized spacial score (nSPS) is 10.4. The summed E-state index contributed by atoms with van der Waals surface area (Å²) in [6.45, 7) is 7.28. The molecule has 6 heteroatoms. The third-order valence-corrected chi connectivity index (χ3v) is 2.63. The summed E-state index contributed by atoms with van der Waals surface area (Å²) in [5, 5.41) is 12.2. The number of anilines is 1. The SMILES string of the molecule is CC(C)Oc1nsc(NC(=O)C(C)C)c1C#N. The summed E-state index contributed by atoms with van der Waals surface area (Å²) in [6, 6.07) is 2.00. The summed E-state index contributed by atoms with van der Waals surface area (Å²) >= 11 is 1.06. The van der Waals surface area contributed by atoms with Crippen molar-refractivity contribution in [1.82, 2.24) is 4.37 Å². The Labute approximate surface area is 105 Å². The van der Waals surface area contributed by atoms with E-state index in [4.69, 9.17) is 10.00 Å². The number of hydrogen-bond acceptors (Lipinski definition) is 5. The van der Waals surface area contributed by atoms with Gasteiger partial charge in [0.25, 0.3) is 0 Å². The largest absolute Gasteiger partial charge is 0.473 e. The number of hydrogen-bond donors (Lipinski definition) is 1. The van der Waals surface area contributed by atoms with E-state index in [-0.39, 0.29) is 29.4 Å². The molecule has 17 heavy (non-hydrogen) atoms. The second kappa shape index (κ2) is 5.64. The lowest BCUT2D eigenvalue weighted by Gasteiger charge is -2.07. The van der Waals surface area contributed by atoms with Crippen LogP contribution in [-0.2, 0) is 4.79 Å². The van der Waals surface area contributed by atoms with E-state index in [1.807, 2.05) is 19.9 Å². The number of nitrogens with zero attached hydrogens (tertiary/aromatic N) is 2. The maximum atomic E-state index is 11.5. The first kappa shape index (κ1) is 13.5. The van der Waals surface area contributed by atoms with Gasteiger partial charge in [0.1, 0.15) is 11.1 Å². The second-order valence-corrected chi connectivity index (χ2v) is 4.89. The first-order valence-electron chi connectivity index (χ1n) is 5.33. The van der Waals surface area contributed by atoms with E-state index >= 15 is 0 Å². The third kappa shape index (κ3) is 3.43. The third-order valence-electron chi connectivity index (χ3n) is 1.88. The Morgan fingerprint density at radius 3 is 2.59 bits per heavy atom. The molecule has 0 aromatic carbocycles. The molecule has 0 fully saturated rings. The Bertz CT molecular complexity index is 446. The summed E-state index contributed by atoms with van der Waals surface area (Å²) < 4.78 is 9.41. The van der Waals surface area contributed by atoms with Crippen LogP contribution in [0.3, 0.4) is 0 Å². The number of carbonyl (C=O) groups excluding carboxylic acids is 1. The zero-order chi connectivity index (χ0) is 13.0. The Morgan fingerprint density at radius 1 is 1.47 bits per heavy atom. The highest BCUT2D eigenvalue weighted by Crippen LogP contribution is 2.30. The number of amides is 1. The highest BCUT2D eigenvalue weighted by molar-refractivity contribution is 7.10. The van der Waals surface area contributed by atoms with E-state index in [0.29, 0.717) is 5.00 Å². The summed E-state index contributed by atoms with van der Waals surface area (Å²) in [4.78, 5) is 11.5. The molecule has 1 aromatic rings. The molecule has 1 heterocycles. The van der Waals surface area contributed by atoms with Crippen molar-refractivity contribution in [3.63, 3.8) is 0 Å². The number of carbonyl (C=O) groups is 1. The fourth-order valence-electron chi connectivity index (χ4n) is 1.02. The Hall–Kier alpha value is -1.61. The van der Waals surface area contributed by atoms with E-state index in [9.17, 15) is 4.79 Å². The van der Waals surface area contributed by atoms with Crippen LogP contribution in [0.4, 0.5) is 5.00 Å². The van der Waals surface area contributed by atoms with Crippen LogP contribution in [-0.4, -0.2) is 16.4 Å². The summed E-state index contributed by atoms with van der Waals surface area (Å²) in [7, 11) is 0. The van der Waals surface area contributed by atoms with Crippen LogP contribution >= 0.6 is 11.5 Å². The maximum Gasteiger partial charge on any atom is 0.245 e. The number of ether oxygens (including phenoxy) is 1. The van der Waals surface area contributed by atoms with Crippen LogP contribution < -0.4 is 10.1 Å². The molecular weight excluding hydrogens is 238 g/mol. The van der Waals surface area contributed by atoms with Gasteiger partial charge in [-0.2, -0.15) is 9.64 Å². The van der Waals surface area contributed by atoms with Gasteiger partial charge in [-0.25, -0.2) is 0 Å². The van der Waals surface area contributed by atoms with E-state index < -0.39 is 0 Å². The number of nitrogens with one attached hydrogen (secondary N) is 1. The van der Waals surface area contributed by atoms with Gasteiger partial charge in [0.15, 0.2) is 5.56 Å². The molecule has 0 aliphatic carbocycles. The average Bonchev–Trinajstić information content (AvgIpc) is 2.59. The van der Waals surface area contributed by atoms with Crippen molar-refractivity contribution in [2.45, 2.75) is 33.8 Å². The molecule has 92 valence electrons. The van der Waals surface area contributed by atoms with Gasteiger partial charge in [0.05, 0.1) is 6.10 Å². The van der Waals surface area contributed by atoms with Crippen molar-refractivity contribution in [2.24, 2.45) is 5.92 Å². The lowest BCUT2D eigenvalue weighted by atomic mass is 10.2. The summed E-state index contributed by atoms with van der Waals surface area (Å²) in [5.74, 6) is 0.00548. The Balaban J connectivity index is 2.91. The van der Waals surface area contributed by atoms with Crippen LogP contribution in [0.15, 0.2) is 0 Å². The molecule has 1 N–H and O–H groups in total. The van der Waals surface area contributed by atoms with E-state index in [0.717, 1.165) is 11.5 Å². The minimum absolute atomic E-state index is 0.0575. The number of aromatic nitrogens is 1. The fourth-order valence-corrected chi connectivity index (χ4v) is 1.70. The molecular formula is C11H15N3O2S. The number of rotatable bonds is 4. The van der Waals surface area contributed by atoms with Gasteiger partial charge in [-0.1, -0.05) is 13.8 Å². The van der Waals surface area contributed by atoms with Gasteiger partial charge in [-0.15, -0.1) is 0 Å². The topological polar surface area (TPSA) is 75.0 Å². The molecule has 0 atom stereocenters. The molecule has 1 rings (SSSR count). The molecule has 0 unspecified atom stereocenters. The molecule has 0 saturated carbocycles. The van der Waals surface area contributed by atoms with E-state index in [1.54, 1.807) is 13.8 Å². The summed E-state index contributed by atoms with van der Waals surface area (Å²) in [5.41, 5.74) is 0.290. The fraction of sp³-hybridized carbons (Fsp3) is 0.545. The highest BCUT2D eigenvalue weighted by atomic mass is 32.1. The molecule has 0 aliphatic heterocycles. The zero-order valence-electron chi connectivity index (χ0n) is 10.3. The first-order valence-corrected chi connectivity index (χ1v) is 6.10. The van der Waals surface area contributed by atoms with Crippen molar-refractivity contribution in [1.29, 1.82) is 5.26 Å². The lowest BCUT2D eigenvalue weighted by molar-refractivity contribution is -0.118. The minimum atomic E-state index is -0.141. The standard InChI is InChI=1S/C11H15N3O2S/c1-6(2)9(15)13-11-8(5-12)10(14-17-11)16-7(3)4/h6-7H,1-4H3,(H,13,15). The van der Waals surface area contributed by atoms with Crippen LogP contribution in [0.1, 0.15) is 33.3 Å². The molecule has 0 spiro atoms. The maximum absolute atomic E-state index is 11.5. The Kier molecular flexibility index (Phi) is 4.46. The van der Waals surface area contributed by atoms with Crippen LogP contribution in [0.2, 0.25) is 0 Å². The predicted octanol–water partition coefficient (Wildman–Crippen LogP) is 2.40. The van der Waals surface area contributed by atoms with Crippen LogP contribution in [0.5, 0.6) is 5.88 Å². The molecule has 1 amide bonds. The van der Waals surface area contributed by atoms with Crippen molar-refractivity contribution >= 4 is 22.4 Å². The second-order valence-electron chi connectivity index (χ2n) is 4.11. The minimum Gasteiger partial charge on any atom is -0.473 e. The summed E-state index contributed by atoms with van der Waals surface area (Å²) in [6.07, 6.45) is -0.0575. The van der Waals surface area contributed by atoms with Crippen LogP contribution in [0.25, 0.3) is 0 Å². The molecule has 0 aliphatic rings. The van der Waals surface area contributed by atoms with Crippen molar-refractivity contribution < 1.29 is 9.53 Å². The van der Waals surface area contributed by atoms with Gasteiger partial charge in [0.2, 0.25) is 11.8 Å². The smallest absolute Gasteiger partial charge is 0.245 e. The van der Waals surface area contributed by atoms with Gasteiger partial charge < -0.3 is 10.1 Å². The molecule has 0 saturated heterocycles. The van der Waals surface area contributed by atoms with Gasteiger partial charge in [-0.3, -0.25) is 4.79 Å². The van der Waals surface area contributed by atoms with Gasteiger partial charge >= 0.3 is 0 Å². The molecule has 1 aromatic heterocycles. The van der Waals surface area contributed by atoms with E-state index in [1.165, 1.54) is 0 Å². The van der Waals surface area contributed by atoms with Crippen molar-refractivity contribution in [3.05, 3.63) is 5.56 Å². The van der Waals surface area contributed by atoms with Gasteiger partial charge in [0, 0.05) is 5.92 Å².